The maximum atomic E-state index is 13.2. The Labute approximate surface area is 174 Å². The van der Waals surface area contributed by atoms with Crippen LogP contribution >= 0.6 is 0 Å². The lowest BCUT2D eigenvalue weighted by Crippen LogP contribution is -2.50. The molecule has 0 aromatic heterocycles. The third kappa shape index (κ3) is 8.13. The second-order valence-electron chi connectivity index (χ2n) is 7.87. The van der Waals surface area contributed by atoms with Crippen LogP contribution < -0.4 is 0 Å². The molecule has 5 nitrogen and oxygen atoms in total. The van der Waals surface area contributed by atoms with Crippen molar-refractivity contribution in [3.05, 3.63) is 35.6 Å². The van der Waals surface area contributed by atoms with Gasteiger partial charge in [-0.2, -0.15) is 0 Å². The zero-order chi connectivity index (χ0) is 21.1. The second-order valence-corrected chi connectivity index (χ2v) is 7.87. The number of rotatable bonds is 11. The smallest absolute Gasteiger partial charge is 0.222 e. The summed E-state index contributed by atoms with van der Waals surface area (Å²) in [6, 6.07) is 6.39. The molecule has 0 radical (unpaired) electrons. The van der Waals surface area contributed by atoms with Crippen LogP contribution in [0.1, 0.15) is 57.9 Å². The van der Waals surface area contributed by atoms with Crippen LogP contribution in [0.2, 0.25) is 0 Å². The van der Waals surface area contributed by atoms with Crippen molar-refractivity contribution in [3.63, 3.8) is 0 Å². The number of carbonyl (C=O) groups excluding carboxylic acids is 2. The van der Waals surface area contributed by atoms with Crippen molar-refractivity contribution < 1.29 is 14.0 Å². The first-order valence-corrected chi connectivity index (χ1v) is 11.1. The lowest BCUT2D eigenvalue weighted by molar-refractivity contribution is -0.133. The highest BCUT2D eigenvalue weighted by molar-refractivity contribution is 5.76. The van der Waals surface area contributed by atoms with Crippen molar-refractivity contribution in [1.29, 1.82) is 0 Å². The maximum absolute atomic E-state index is 13.2. The van der Waals surface area contributed by atoms with Gasteiger partial charge in [-0.05, 0) is 30.5 Å². The highest BCUT2D eigenvalue weighted by Crippen LogP contribution is 2.11. The molecule has 0 aliphatic carbocycles. The van der Waals surface area contributed by atoms with Gasteiger partial charge in [-0.3, -0.25) is 14.5 Å². The average Bonchev–Trinajstić information content (AvgIpc) is 2.73. The lowest BCUT2D eigenvalue weighted by Gasteiger charge is -2.36. The first kappa shape index (κ1) is 23.3. The van der Waals surface area contributed by atoms with Crippen LogP contribution in [0.3, 0.4) is 0 Å². The number of amides is 2. The van der Waals surface area contributed by atoms with Crippen LogP contribution in [0, 0.1) is 5.82 Å². The Morgan fingerprint density at radius 1 is 0.966 bits per heavy atom. The van der Waals surface area contributed by atoms with Gasteiger partial charge >= 0.3 is 0 Å². The molecule has 0 bridgehead atoms. The number of hydrogen-bond acceptors (Lipinski definition) is 3. The molecule has 1 aromatic carbocycles. The topological polar surface area (TPSA) is 43.9 Å². The van der Waals surface area contributed by atoms with Crippen molar-refractivity contribution in [2.75, 3.05) is 39.3 Å². The third-order valence-corrected chi connectivity index (χ3v) is 5.51. The molecule has 6 heteroatoms. The van der Waals surface area contributed by atoms with Gasteiger partial charge in [-0.25, -0.2) is 4.39 Å². The summed E-state index contributed by atoms with van der Waals surface area (Å²) in [5.74, 6) is 0.154. The molecule has 0 N–H and O–H groups in total. The molecule has 0 spiro atoms. The fourth-order valence-electron chi connectivity index (χ4n) is 3.64. The molecular weight excluding hydrogens is 369 g/mol. The van der Waals surface area contributed by atoms with E-state index >= 15 is 0 Å². The lowest BCUT2D eigenvalue weighted by atomic mass is 10.1. The minimum atomic E-state index is -0.259. The molecule has 1 heterocycles. The Balaban J connectivity index is 1.87. The number of carbonyl (C=O) groups is 2. The molecule has 162 valence electrons. The minimum absolute atomic E-state index is 0.166. The van der Waals surface area contributed by atoms with E-state index in [0.717, 1.165) is 64.0 Å². The van der Waals surface area contributed by atoms with Gasteiger partial charge in [0.2, 0.25) is 11.8 Å². The van der Waals surface area contributed by atoms with Crippen LogP contribution in [-0.4, -0.2) is 65.8 Å². The molecule has 1 aliphatic heterocycles. The number of unbranched alkanes of at least 4 members (excludes halogenated alkanes) is 2. The van der Waals surface area contributed by atoms with Gasteiger partial charge in [0.15, 0.2) is 0 Å². The molecule has 2 rings (SSSR count). The van der Waals surface area contributed by atoms with Gasteiger partial charge in [-0.15, -0.1) is 0 Å². The normalized spacial score (nSPS) is 14.8. The molecule has 1 fully saturated rings. The van der Waals surface area contributed by atoms with Crippen molar-refractivity contribution in [1.82, 2.24) is 14.7 Å². The van der Waals surface area contributed by atoms with E-state index in [1.165, 1.54) is 12.1 Å². The quantitative estimate of drug-likeness (QED) is 0.528. The average molecular weight is 406 g/mol. The van der Waals surface area contributed by atoms with Crippen molar-refractivity contribution in [3.8, 4) is 0 Å². The number of benzene rings is 1. The number of halogens is 1. The molecule has 1 aromatic rings. The zero-order valence-electron chi connectivity index (χ0n) is 18.0. The molecule has 0 atom stereocenters. The van der Waals surface area contributed by atoms with Gasteiger partial charge in [-0.1, -0.05) is 38.8 Å². The predicted octanol–water partition coefficient (Wildman–Crippen LogP) is 3.68. The van der Waals surface area contributed by atoms with E-state index in [9.17, 15) is 14.0 Å². The summed E-state index contributed by atoms with van der Waals surface area (Å²) >= 11 is 0. The SMILES string of the molecule is CCCCCC(=O)N(CCN1CCN(C(=O)CCC)CC1)Cc1ccc(F)cc1. The van der Waals surface area contributed by atoms with Gasteiger partial charge in [0.25, 0.3) is 0 Å². The number of piperazine rings is 1. The summed E-state index contributed by atoms with van der Waals surface area (Å²) < 4.78 is 13.2. The second kappa shape index (κ2) is 12.6. The summed E-state index contributed by atoms with van der Waals surface area (Å²) in [6.07, 6.45) is 5.13. The fraction of sp³-hybridized carbons (Fsp3) is 0.652. The van der Waals surface area contributed by atoms with Crippen molar-refractivity contribution >= 4 is 11.8 Å². The summed E-state index contributed by atoms with van der Waals surface area (Å²) in [7, 11) is 0. The van der Waals surface area contributed by atoms with Crippen LogP contribution in [0.5, 0.6) is 0 Å². The highest BCUT2D eigenvalue weighted by Gasteiger charge is 2.21. The van der Waals surface area contributed by atoms with E-state index < -0.39 is 0 Å². The highest BCUT2D eigenvalue weighted by atomic mass is 19.1. The first-order chi connectivity index (χ1) is 14.0. The van der Waals surface area contributed by atoms with Crippen molar-refractivity contribution in [2.24, 2.45) is 0 Å². The Hall–Kier alpha value is -1.95. The molecule has 0 saturated carbocycles. The van der Waals surface area contributed by atoms with E-state index in [1.807, 2.05) is 16.7 Å². The monoisotopic (exact) mass is 405 g/mol. The Kier molecular flexibility index (Phi) is 10.1. The van der Waals surface area contributed by atoms with Gasteiger partial charge in [0.05, 0.1) is 0 Å². The summed E-state index contributed by atoms with van der Waals surface area (Å²) in [6.45, 7) is 9.37. The fourth-order valence-corrected chi connectivity index (χ4v) is 3.64. The van der Waals surface area contributed by atoms with Crippen molar-refractivity contribution in [2.45, 2.75) is 58.9 Å². The molecule has 0 unspecified atom stereocenters. The summed E-state index contributed by atoms with van der Waals surface area (Å²) in [5, 5.41) is 0. The van der Waals surface area contributed by atoms with Crippen LogP contribution in [0.15, 0.2) is 24.3 Å². The van der Waals surface area contributed by atoms with Gasteiger partial charge in [0, 0.05) is 58.7 Å². The largest absolute Gasteiger partial charge is 0.340 e. The van der Waals surface area contributed by atoms with E-state index in [-0.39, 0.29) is 17.6 Å². The maximum Gasteiger partial charge on any atom is 0.222 e. The van der Waals surface area contributed by atoms with Gasteiger partial charge in [0.1, 0.15) is 5.82 Å². The van der Waals surface area contributed by atoms with Crippen LogP contribution in [0.25, 0.3) is 0 Å². The third-order valence-electron chi connectivity index (χ3n) is 5.51. The van der Waals surface area contributed by atoms with E-state index in [0.29, 0.717) is 25.9 Å². The Morgan fingerprint density at radius 3 is 2.28 bits per heavy atom. The zero-order valence-corrected chi connectivity index (χ0v) is 18.0. The molecule has 2 amide bonds. The van der Waals surface area contributed by atoms with E-state index in [1.54, 1.807) is 12.1 Å². The molecule has 1 saturated heterocycles. The van der Waals surface area contributed by atoms with E-state index in [2.05, 4.69) is 11.8 Å². The van der Waals surface area contributed by atoms with Crippen LogP contribution in [-0.2, 0) is 16.1 Å². The molecule has 1 aliphatic rings. The Morgan fingerprint density at radius 2 is 1.66 bits per heavy atom. The summed E-state index contributed by atoms with van der Waals surface area (Å²) in [4.78, 5) is 31.0. The summed E-state index contributed by atoms with van der Waals surface area (Å²) in [5.41, 5.74) is 0.949. The Bertz CT molecular complexity index is 628. The van der Waals surface area contributed by atoms with Crippen LogP contribution in [0.4, 0.5) is 4.39 Å². The predicted molar refractivity (Wildman–Crippen MR) is 114 cm³/mol. The molecular formula is C23H36FN3O2. The standard InChI is InChI=1S/C23H36FN3O2/c1-3-5-6-8-23(29)27(19-20-9-11-21(24)12-10-20)18-15-25-13-16-26(17-14-25)22(28)7-4-2/h9-12H,3-8,13-19H2,1-2H3. The molecule has 29 heavy (non-hydrogen) atoms. The van der Waals surface area contributed by atoms with E-state index in [4.69, 9.17) is 0 Å². The minimum Gasteiger partial charge on any atom is -0.340 e. The first-order valence-electron chi connectivity index (χ1n) is 11.1. The number of nitrogens with zero attached hydrogens (tertiary/aromatic N) is 3. The van der Waals surface area contributed by atoms with Gasteiger partial charge < -0.3 is 9.80 Å². The number of hydrogen-bond donors (Lipinski definition) is 0.